The Morgan fingerprint density at radius 2 is 1.67 bits per heavy atom. The van der Waals surface area contributed by atoms with Crippen molar-refractivity contribution in [3.05, 3.63) is 36.0 Å². The van der Waals surface area contributed by atoms with Crippen molar-refractivity contribution in [1.82, 2.24) is 4.98 Å². The van der Waals surface area contributed by atoms with Crippen LogP contribution in [0.5, 0.6) is 0 Å². The lowest BCUT2D eigenvalue weighted by atomic mass is 9.63. The number of aryl methyl sites for hydroxylation is 1. The number of anilines is 1. The van der Waals surface area contributed by atoms with E-state index in [1.165, 1.54) is 11.3 Å². The Balaban J connectivity index is 1.60. The summed E-state index contributed by atoms with van der Waals surface area (Å²) in [5, 5.41) is 0. The van der Waals surface area contributed by atoms with E-state index in [0.717, 1.165) is 5.69 Å². The van der Waals surface area contributed by atoms with Crippen molar-refractivity contribution in [3.63, 3.8) is 0 Å². The number of carbonyl (C=O) groups excluding carboxylic acids is 2. The third-order valence-electron chi connectivity index (χ3n) is 5.77. The monoisotopic (exact) mass is 280 g/mol. The predicted octanol–water partition coefficient (Wildman–Crippen LogP) is 1.95. The molecule has 21 heavy (non-hydrogen) atoms. The Labute approximate surface area is 122 Å². The third-order valence-corrected chi connectivity index (χ3v) is 5.77. The molecule has 2 amide bonds. The lowest BCUT2D eigenvalue weighted by Crippen LogP contribution is -2.40. The van der Waals surface area contributed by atoms with E-state index < -0.39 is 0 Å². The van der Waals surface area contributed by atoms with E-state index in [0.29, 0.717) is 17.7 Å². The lowest BCUT2D eigenvalue weighted by Gasteiger charge is -2.37. The van der Waals surface area contributed by atoms with E-state index in [1.54, 1.807) is 6.07 Å². The molecule has 0 spiro atoms. The van der Waals surface area contributed by atoms with E-state index in [4.69, 9.17) is 0 Å². The van der Waals surface area contributed by atoms with E-state index in [-0.39, 0.29) is 35.5 Å². The first kappa shape index (κ1) is 11.7. The first-order valence-electron chi connectivity index (χ1n) is 7.66. The Bertz CT molecular complexity index is 674. The van der Waals surface area contributed by atoms with Gasteiger partial charge in [-0.2, -0.15) is 0 Å². The number of carbonyl (C=O) groups is 2. The Hall–Kier alpha value is -1.97. The molecule has 4 nitrogen and oxygen atoms in total. The smallest absolute Gasteiger partial charge is 0.239 e. The zero-order valence-electron chi connectivity index (χ0n) is 11.8. The highest BCUT2D eigenvalue weighted by molar-refractivity contribution is 6.22. The molecule has 1 aliphatic heterocycles. The first-order valence-corrected chi connectivity index (χ1v) is 7.66. The molecule has 0 N–H and O–H groups in total. The van der Waals surface area contributed by atoms with Crippen LogP contribution in [0.3, 0.4) is 0 Å². The van der Waals surface area contributed by atoms with Crippen molar-refractivity contribution in [3.8, 4) is 0 Å². The molecule has 1 aromatic heterocycles. The number of imide groups is 1. The molecule has 0 radical (unpaired) electrons. The Kier molecular flexibility index (Phi) is 2.01. The summed E-state index contributed by atoms with van der Waals surface area (Å²) in [6, 6.07) is 5.49. The molecule has 4 heteroatoms. The minimum atomic E-state index is -0.140. The van der Waals surface area contributed by atoms with Crippen molar-refractivity contribution in [2.75, 3.05) is 4.90 Å². The van der Waals surface area contributed by atoms with Gasteiger partial charge in [0.2, 0.25) is 11.8 Å². The zero-order valence-corrected chi connectivity index (χ0v) is 11.8. The summed E-state index contributed by atoms with van der Waals surface area (Å²) in [5.41, 5.74) is 0.826. The minimum Gasteiger partial charge on any atom is -0.274 e. The highest BCUT2D eigenvalue weighted by Crippen LogP contribution is 2.65. The summed E-state index contributed by atoms with van der Waals surface area (Å²) >= 11 is 0. The normalized spacial score (nSPS) is 42.2. The molecule has 2 saturated carbocycles. The van der Waals surface area contributed by atoms with Gasteiger partial charge in [-0.15, -0.1) is 0 Å². The lowest BCUT2D eigenvalue weighted by molar-refractivity contribution is -0.124. The summed E-state index contributed by atoms with van der Waals surface area (Å²) in [6.07, 6.45) is 5.58. The average Bonchev–Trinajstić information content (AvgIpc) is 3.24. The van der Waals surface area contributed by atoms with Gasteiger partial charge in [0.25, 0.3) is 0 Å². The first-order chi connectivity index (χ1) is 10.2. The van der Waals surface area contributed by atoms with Crippen LogP contribution in [0, 0.1) is 42.4 Å². The van der Waals surface area contributed by atoms with Gasteiger partial charge in [0.1, 0.15) is 5.82 Å². The van der Waals surface area contributed by atoms with Gasteiger partial charge in [-0.3, -0.25) is 9.59 Å². The maximum absolute atomic E-state index is 12.8. The molecule has 0 aromatic carbocycles. The van der Waals surface area contributed by atoms with Crippen molar-refractivity contribution < 1.29 is 9.59 Å². The van der Waals surface area contributed by atoms with Crippen LogP contribution in [0.25, 0.3) is 0 Å². The molecule has 6 rings (SSSR count). The van der Waals surface area contributed by atoms with E-state index in [9.17, 15) is 9.59 Å². The zero-order chi connectivity index (χ0) is 14.3. The third kappa shape index (κ3) is 1.33. The molecule has 2 bridgehead atoms. The summed E-state index contributed by atoms with van der Waals surface area (Å²) in [5.74, 6) is 1.98. The predicted molar refractivity (Wildman–Crippen MR) is 76.2 cm³/mol. The molecular formula is C17H16N2O2. The van der Waals surface area contributed by atoms with Crippen LogP contribution in [0.4, 0.5) is 5.82 Å². The topological polar surface area (TPSA) is 50.3 Å². The second kappa shape index (κ2) is 3.62. The largest absolute Gasteiger partial charge is 0.274 e. The standard InChI is InChI=1S/C17H16N2O2/c1-8-3-2-4-13(18-8)19-16(20)14-9-5-6-10(12-7-11(9)12)15(14)17(19)21/h2-6,9-12,14-15H,7H2,1H3/t9-,10-,11-,12-,14+,15+/m0/s1. The molecule has 106 valence electrons. The van der Waals surface area contributed by atoms with Crippen LogP contribution >= 0.6 is 0 Å². The maximum Gasteiger partial charge on any atom is 0.239 e. The highest BCUT2D eigenvalue weighted by atomic mass is 16.2. The molecule has 6 atom stereocenters. The van der Waals surface area contributed by atoms with Crippen LogP contribution in [-0.4, -0.2) is 16.8 Å². The van der Waals surface area contributed by atoms with Gasteiger partial charge in [0, 0.05) is 5.69 Å². The van der Waals surface area contributed by atoms with E-state index in [2.05, 4.69) is 17.1 Å². The highest BCUT2D eigenvalue weighted by Gasteiger charge is 2.67. The van der Waals surface area contributed by atoms with Crippen LogP contribution in [-0.2, 0) is 9.59 Å². The van der Waals surface area contributed by atoms with Crippen LogP contribution in [0.2, 0.25) is 0 Å². The molecule has 0 unspecified atom stereocenters. The molecule has 5 aliphatic rings. The number of nitrogens with zero attached hydrogens (tertiary/aromatic N) is 2. The SMILES string of the molecule is Cc1cccc(N2C(=O)[C@@H]3[C@H]4C=C[C@@H]([C@@H]5C[C@@H]45)[C@H]3C2=O)n1. The molecule has 2 heterocycles. The Morgan fingerprint density at radius 3 is 2.24 bits per heavy atom. The van der Waals surface area contributed by atoms with Crippen molar-refractivity contribution in [2.24, 2.45) is 35.5 Å². The molecule has 1 saturated heterocycles. The molecular weight excluding hydrogens is 264 g/mol. The van der Waals surface area contributed by atoms with Gasteiger partial charge in [-0.1, -0.05) is 18.2 Å². The van der Waals surface area contributed by atoms with Crippen molar-refractivity contribution >= 4 is 17.6 Å². The van der Waals surface area contributed by atoms with Crippen LogP contribution < -0.4 is 4.90 Å². The number of allylic oxidation sites excluding steroid dienone is 2. The average molecular weight is 280 g/mol. The summed E-state index contributed by atoms with van der Waals surface area (Å²) < 4.78 is 0. The van der Waals surface area contributed by atoms with Gasteiger partial charge in [0.05, 0.1) is 11.8 Å². The van der Waals surface area contributed by atoms with Crippen LogP contribution in [0.1, 0.15) is 12.1 Å². The fraction of sp³-hybridized carbons (Fsp3) is 0.471. The number of rotatable bonds is 1. The quantitative estimate of drug-likeness (QED) is 0.583. The van der Waals surface area contributed by atoms with E-state index >= 15 is 0 Å². The van der Waals surface area contributed by atoms with Crippen LogP contribution in [0.15, 0.2) is 30.4 Å². The minimum absolute atomic E-state index is 0.0344. The van der Waals surface area contributed by atoms with Gasteiger partial charge in [0.15, 0.2) is 0 Å². The molecule has 1 aromatic rings. The number of aromatic nitrogens is 1. The molecule has 4 aliphatic carbocycles. The van der Waals surface area contributed by atoms with Crippen molar-refractivity contribution in [2.45, 2.75) is 13.3 Å². The fourth-order valence-electron chi connectivity index (χ4n) is 4.84. The summed E-state index contributed by atoms with van der Waals surface area (Å²) in [7, 11) is 0. The van der Waals surface area contributed by atoms with Gasteiger partial charge >= 0.3 is 0 Å². The summed E-state index contributed by atoms with van der Waals surface area (Å²) in [4.78, 5) is 31.4. The van der Waals surface area contributed by atoms with Crippen molar-refractivity contribution in [1.29, 1.82) is 0 Å². The second-order valence-corrected chi connectivity index (χ2v) is 6.80. The number of hydrogen-bond acceptors (Lipinski definition) is 3. The second-order valence-electron chi connectivity index (χ2n) is 6.80. The Morgan fingerprint density at radius 1 is 1.05 bits per heavy atom. The van der Waals surface area contributed by atoms with Gasteiger partial charge < -0.3 is 0 Å². The summed E-state index contributed by atoms with van der Waals surface area (Å²) in [6.45, 7) is 1.88. The molecule has 3 fully saturated rings. The van der Waals surface area contributed by atoms with Gasteiger partial charge in [-0.25, -0.2) is 9.88 Å². The number of pyridine rings is 1. The number of amides is 2. The number of hydrogen-bond donors (Lipinski definition) is 0. The van der Waals surface area contributed by atoms with E-state index in [1.807, 2.05) is 19.1 Å². The fourth-order valence-corrected chi connectivity index (χ4v) is 4.84. The maximum atomic E-state index is 12.8. The van der Waals surface area contributed by atoms with Gasteiger partial charge in [-0.05, 0) is 49.1 Å².